The highest BCUT2D eigenvalue weighted by molar-refractivity contribution is 5.87. The predicted molar refractivity (Wildman–Crippen MR) is 47.7 cm³/mol. The van der Waals surface area contributed by atoms with Gasteiger partial charge in [0.25, 0.3) is 0 Å². The van der Waals surface area contributed by atoms with Gasteiger partial charge in [0.1, 0.15) is 0 Å². The van der Waals surface area contributed by atoms with Gasteiger partial charge in [0.15, 0.2) is 0 Å². The standard InChI is InChI=1S/C10H15NO/c1-2-10(12)11-8-4-3-5-9(11)7-6-8/h2,8-9H,1,3-7H2. The third-order valence-electron chi connectivity index (χ3n) is 3.12. The predicted octanol–water partition coefficient (Wildman–Crippen LogP) is 1.72. The first-order valence-corrected chi connectivity index (χ1v) is 4.77. The Labute approximate surface area is 73.2 Å². The quantitative estimate of drug-likeness (QED) is 0.542. The van der Waals surface area contributed by atoms with Gasteiger partial charge in [-0.1, -0.05) is 6.58 Å². The minimum absolute atomic E-state index is 0.141. The zero-order valence-corrected chi connectivity index (χ0v) is 7.33. The number of nitrogens with zero attached hydrogens (tertiary/aromatic N) is 1. The summed E-state index contributed by atoms with van der Waals surface area (Å²) in [5.74, 6) is 0.141. The third-order valence-corrected chi connectivity index (χ3v) is 3.12. The maximum absolute atomic E-state index is 11.4. The summed E-state index contributed by atoms with van der Waals surface area (Å²) in [5, 5.41) is 0. The number of fused-ring (bicyclic) bond motifs is 2. The Bertz CT molecular complexity index is 196. The number of amides is 1. The summed E-state index contributed by atoms with van der Waals surface area (Å²) in [4.78, 5) is 13.5. The van der Waals surface area contributed by atoms with Crippen molar-refractivity contribution in [3.63, 3.8) is 0 Å². The molecule has 0 aromatic heterocycles. The molecule has 0 aromatic carbocycles. The molecule has 2 heteroatoms. The molecule has 0 aliphatic carbocycles. The normalized spacial score (nSPS) is 33.5. The van der Waals surface area contributed by atoms with Crippen LogP contribution < -0.4 is 0 Å². The maximum atomic E-state index is 11.4. The Kier molecular flexibility index (Phi) is 1.91. The molecule has 2 rings (SSSR count). The maximum Gasteiger partial charge on any atom is 0.246 e. The fraction of sp³-hybridized carbons (Fsp3) is 0.700. The molecule has 2 unspecified atom stereocenters. The minimum Gasteiger partial charge on any atom is -0.333 e. The highest BCUT2D eigenvalue weighted by atomic mass is 16.2. The molecule has 0 spiro atoms. The molecule has 0 N–H and O–H groups in total. The van der Waals surface area contributed by atoms with Crippen molar-refractivity contribution in [1.82, 2.24) is 4.90 Å². The lowest BCUT2D eigenvalue weighted by Crippen LogP contribution is -2.43. The van der Waals surface area contributed by atoms with Gasteiger partial charge < -0.3 is 4.90 Å². The van der Waals surface area contributed by atoms with Gasteiger partial charge >= 0.3 is 0 Å². The van der Waals surface area contributed by atoms with Gasteiger partial charge in [-0.2, -0.15) is 0 Å². The number of rotatable bonds is 1. The van der Waals surface area contributed by atoms with Gasteiger partial charge in [-0.15, -0.1) is 0 Å². The van der Waals surface area contributed by atoms with E-state index in [2.05, 4.69) is 11.5 Å². The molecule has 0 aromatic rings. The highest BCUT2D eigenvalue weighted by Gasteiger charge is 2.38. The highest BCUT2D eigenvalue weighted by Crippen LogP contribution is 2.35. The fourth-order valence-corrected chi connectivity index (χ4v) is 2.58. The second-order valence-corrected chi connectivity index (χ2v) is 3.77. The Balaban J connectivity index is 2.15. The van der Waals surface area contributed by atoms with Gasteiger partial charge in [0.05, 0.1) is 0 Å². The molecule has 2 aliphatic rings. The van der Waals surface area contributed by atoms with E-state index < -0.39 is 0 Å². The van der Waals surface area contributed by atoms with Crippen LogP contribution in [0.4, 0.5) is 0 Å². The molecule has 1 amide bonds. The Hall–Kier alpha value is -0.790. The lowest BCUT2D eigenvalue weighted by molar-refractivity contribution is -0.130. The van der Waals surface area contributed by atoms with E-state index in [9.17, 15) is 4.79 Å². The number of carbonyl (C=O) groups is 1. The Morgan fingerprint density at radius 3 is 2.33 bits per heavy atom. The van der Waals surface area contributed by atoms with Crippen molar-refractivity contribution < 1.29 is 4.79 Å². The van der Waals surface area contributed by atoms with E-state index in [1.54, 1.807) is 0 Å². The van der Waals surface area contributed by atoms with Crippen LogP contribution in [0.15, 0.2) is 12.7 Å². The molecule has 2 bridgehead atoms. The van der Waals surface area contributed by atoms with Crippen LogP contribution in [0.5, 0.6) is 0 Å². The van der Waals surface area contributed by atoms with Crippen molar-refractivity contribution in [2.75, 3.05) is 0 Å². The van der Waals surface area contributed by atoms with Gasteiger partial charge in [0.2, 0.25) is 5.91 Å². The van der Waals surface area contributed by atoms with Crippen LogP contribution in [0.25, 0.3) is 0 Å². The largest absolute Gasteiger partial charge is 0.333 e. The monoisotopic (exact) mass is 165 g/mol. The zero-order valence-electron chi connectivity index (χ0n) is 7.33. The molecule has 2 atom stereocenters. The topological polar surface area (TPSA) is 20.3 Å². The van der Waals surface area contributed by atoms with Crippen molar-refractivity contribution in [2.45, 2.75) is 44.2 Å². The van der Waals surface area contributed by atoms with Gasteiger partial charge in [0, 0.05) is 12.1 Å². The van der Waals surface area contributed by atoms with Crippen molar-refractivity contribution >= 4 is 5.91 Å². The summed E-state index contributed by atoms with van der Waals surface area (Å²) in [6, 6.07) is 1.07. The first-order chi connectivity index (χ1) is 5.83. The van der Waals surface area contributed by atoms with E-state index in [1.165, 1.54) is 38.2 Å². The first-order valence-electron chi connectivity index (χ1n) is 4.77. The van der Waals surface area contributed by atoms with Crippen molar-refractivity contribution in [2.24, 2.45) is 0 Å². The van der Waals surface area contributed by atoms with E-state index in [4.69, 9.17) is 0 Å². The molecule has 0 saturated carbocycles. The summed E-state index contributed by atoms with van der Waals surface area (Å²) in [7, 11) is 0. The number of carbonyl (C=O) groups excluding carboxylic acids is 1. The molecule has 12 heavy (non-hydrogen) atoms. The average molecular weight is 165 g/mol. The fourth-order valence-electron chi connectivity index (χ4n) is 2.58. The van der Waals surface area contributed by atoms with Gasteiger partial charge in [-0.25, -0.2) is 0 Å². The van der Waals surface area contributed by atoms with E-state index >= 15 is 0 Å². The van der Waals surface area contributed by atoms with Gasteiger partial charge in [-0.3, -0.25) is 4.79 Å². The van der Waals surface area contributed by atoms with Crippen LogP contribution in [0.2, 0.25) is 0 Å². The second-order valence-electron chi connectivity index (χ2n) is 3.77. The summed E-state index contributed by atoms with van der Waals surface area (Å²) in [6.45, 7) is 3.54. The molecular weight excluding hydrogens is 150 g/mol. The molecule has 2 fully saturated rings. The van der Waals surface area contributed by atoms with Gasteiger partial charge in [-0.05, 0) is 38.2 Å². The van der Waals surface area contributed by atoms with Crippen molar-refractivity contribution in [3.8, 4) is 0 Å². The van der Waals surface area contributed by atoms with Crippen LogP contribution in [0, 0.1) is 0 Å². The summed E-state index contributed by atoms with van der Waals surface area (Å²) in [5.41, 5.74) is 0. The molecule has 2 nitrogen and oxygen atoms in total. The van der Waals surface area contributed by atoms with Crippen LogP contribution in [-0.2, 0) is 4.79 Å². The van der Waals surface area contributed by atoms with E-state index in [-0.39, 0.29) is 5.91 Å². The smallest absolute Gasteiger partial charge is 0.246 e. The van der Waals surface area contributed by atoms with Crippen LogP contribution in [-0.4, -0.2) is 22.9 Å². The van der Waals surface area contributed by atoms with Crippen molar-refractivity contribution in [3.05, 3.63) is 12.7 Å². The minimum atomic E-state index is 0.141. The molecule has 2 aliphatic heterocycles. The molecule has 0 radical (unpaired) electrons. The Morgan fingerprint density at radius 2 is 1.83 bits per heavy atom. The number of hydrogen-bond donors (Lipinski definition) is 0. The van der Waals surface area contributed by atoms with Crippen molar-refractivity contribution in [1.29, 1.82) is 0 Å². The lowest BCUT2D eigenvalue weighted by Gasteiger charge is -2.33. The van der Waals surface area contributed by atoms with Crippen LogP contribution in [0.1, 0.15) is 32.1 Å². The number of hydrogen-bond acceptors (Lipinski definition) is 1. The first kappa shape index (κ1) is 7.84. The number of piperidine rings is 1. The summed E-state index contributed by atoms with van der Waals surface area (Å²) >= 11 is 0. The third kappa shape index (κ3) is 1.06. The zero-order chi connectivity index (χ0) is 8.55. The SMILES string of the molecule is C=CC(=O)N1C2CCCC1CC2. The molecular formula is C10H15NO. The summed E-state index contributed by atoms with van der Waals surface area (Å²) in [6.07, 6.45) is 7.59. The average Bonchev–Trinajstić information content (AvgIpc) is 2.35. The second kappa shape index (κ2) is 2.92. The van der Waals surface area contributed by atoms with Crippen LogP contribution in [0.3, 0.4) is 0 Å². The molecule has 66 valence electrons. The molecule has 2 saturated heterocycles. The Morgan fingerprint density at radius 1 is 1.25 bits per heavy atom. The van der Waals surface area contributed by atoms with Crippen LogP contribution >= 0.6 is 0 Å². The van der Waals surface area contributed by atoms with E-state index in [1.807, 2.05) is 0 Å². The lowest BCUT2D eigenvalue weighted by atomic mass is 10.0. The summed E-state index contributed by atoms with van der Waals surface area (Å²) < 4.78 is 0. The van der Waals surface area contributed by atoms with E-state index in [0.717, 1.165) is 0 Å². The van der Waals surface area contributed by atoms with E-state index in [0.29, 0.717) is 12.1 Å². The molecule has 2 heterocycles.